The predicted molar refractivity (Wildman–Crippen MR) is 92.4 cm³/mol. The molecule has 126 valence electrons. The van der Waals surface area contributed by atoms with Crippen LogP contribution < -0.4 is 10.6 Å². The van der Waals surface area contributed by atoms with E-state index in [0.29, 0.717) is 6.54 Å². The van der Waals surface area contributed by atoms with Gasteiger partial charge in [0.05, 0.1) is 0 Å². The van der Waals surface area contributed by atoms with E-state index in [2.05, 4.69) is 59.1 Å². The fourth-order valence-electron chi connectivity index (χ4n) is 3.31. The van der Waals surface area contributed by atoms with E-state index in [1.807, 2.05) is 20.9 Å². The third-order valence-electron chi connectivity index (χ3n) is 3.91. The molecular formula is C18H38N2O. The van der Waals surface area contributed by atoms with Gasteiger partial charge in [-0.05, 0) is 44.6 Å². The van der Waals surface area contributed by atoms with Crippen LogP contribution in [0.3, 0.4) is 0 Å². The van der Waals surface area contributed by atoms with E-state index >= 15 is 0 Å². The lowest BCUT2D eigenvalue weighted by atomic mass is 9.75. The van der Waals surface area contributed by atoms with E-state index in [-0.39, 0.29) is 27.7 Å². The third kappa shape index (κ3) is 8.45. The summed E-state index contributed by atoms with van der Waals surface area (Å²) in [6.07, 6.45) is 1.89. The molecule has 0 aliphatic rings. The van der Waals surface area contributed by atoms with Gasteiger partial charge in [-0.25, -0.2) is 0 Å². The molecule has 0 saturated carbocycles. The average Bonchev–Trinajstić information content (AvgIpc) is 2.21. The van der Waals surface area contributed by atoms with Gasteiger partial charge in [-0.1, -0.05) is 48.5 Å². The van der Waals surface area contributed by atoms with Gasteiger partial charge in [0.25, 0.3) is 0 Å². The number of carbonyl (C=O) groups excluding carboxylic acids is 1. The number of nitrogens with one attached hydrogen (secondary N) is 2. The summed E-state index contributed by atoms with van der Waals surface area (Å²) in [5.41, 5.74) is -0.0214. The Balaban J connectivity index is 4.60. The van der Waals surface area contributed by atoms with Crippen molar-refractivity contribution >= 4 is 5.91 Å². The normalized spacial score (nSPS) is 14.2. The Labute approximate surface area is 132 Å². The van der Waals surface area contributed by atoms with Crippen LogP contribution in [0.25, 0.3) is 0 Å². The largest absolute Gasteiger partial charge is 0.355 e. The highest BCUT2D eigenvalue weighted by Crippen LogP contribution is 2.34. The average molecular weight is 299 g/mol. The van der Waals surface area contributed by atoms with E-state index in [0.717, 1.165) is 12.8 Å². The summed E-state index contributed by atoms with van der Waals surface area (Å²) in [6.45, 7) is 20.2. The van der Waals surface area contributed by atoms with E-state index in [4.69, 9.17) is 0 Å². The van der Waals surface area contributed by atoms with Crippen LogP contribution >= 0.6 is 0 Å². The first-order chi connectivity index (χ1) is 9.10. The van der Waals surface area contributed by atoms with Gasteiger partial charge in [0.1, 0.15) is 0 Å². The first-order valence-electron chi connectivity index (χ1n) is 8.08. The van der Waals surface area contributed by atoms with Crippen molar-refractivity contribution in [3.05, 3.63) is 0 Å². The highest BCUT2D eigenvalue weighted by molar-refractivity contribution is 5.81. The van der Waals surface area contributed by atoms with Gasteiger partial charge in [-0.3, -0.25) is 4.79 Å². The van der Waals surface area contributed by atoms with Crippen LogP contribution in [0.4, 0.5) is 0 Å². The van der Waals surface area contributed by atoms with Crippen molar-refractivity contribution in [3.63, 3.8) is 0 Å². The molecule has 0 saturated heterocycles. The number of carbonyl (C=O) groups is 1. The lowest BCUT2D eigenvalue weighted by Gasteiger charge is -2.36. The molecule has 0 atom stereocenters. The molecule has 2 N–H and O–H groups in total. The number of amides is 1. The molecule has 0 aromatic carbocycles. The van der Waals surface area contributed by atoms with Crippen LogP contribution in [-0.2, 0) is 4.79 Å². The molecule has 0 aliphatic heterocycles. The molecule has 0 spiro atoms. The molecule has 0 bridgehead atoms. The minimum absolute atomic E-state index is 0.0694. The highest BCUT2D eigenvalue weighted by Gasteiger charge is 2.34. The number of hydrogen-bond donors (Lipinski definition) is 2. The first-order valence-corrected chi connectivity index (χ1v) is 8.08. The molecule has 0 unspecified atom stereocenters. The molecule has 3 heteroatoms. The van der Waals surface area contributed by atoms with Crippen molar-refractivity contribution in [2.45, 2.75) is 80.7 Å². The van der Waals surface area contributed by atoms with Crippen molar-refractivity contribution in [3.8, 4) is 0 Å². The summed E-state index contributed by atoms with van der Waals surface area (Å²) in [6, 6.07) is 0. The smallest absolute Gasteiger partial charge is 0.225 e. The summed E-state index contributed by atoms with van der Waals surface area (Å²) in [7, 11) is 1.99. The molecule has 0 aliphatic carbocycles. The summed E-state index contributed by atoms with van der Waals surface area (Å²) in [4.78, 5) is 12.5. The molecule has 0 rings (SSSR count). The molecule has 0 aromatic heterocycles. The maximum atomic E-state index is 12.5. The zero-order chi connectivity index (χ0) is 17.1. The van der Waals surface area contributed by atoms with Gasteiger partial charge in [-0.15, -0.1) is 0 Å². The van der Waals surface area contributed by atoms with Gasteiger partial charge in [0.2, 0.25) is 5.91 Å². The molecule has 0 aromatic rings. The summed E-state index contributed by atoms with van der Waals surface area (Å²) >= 11 is 0. The summed E-state index contributed by atoms with van der Waals surface area (Å²) < 4.78 is 0. The Hall–Kier alpha value is -0.570. The fraction of sp³-hybridized carbons (Fsp3) is 0.944. The van der Waals surface area contributed by atoms with Crippen LogP contribution in [0.2, 0.25) is 0 Å². The highest BCUT2D eigenvalue weighted by atomic mass is 16.2. The van der Waals surface area contributed by atoms with Crippen LogP contribution in [0, 0.1) is 16.2 Å². The Morgan fingerprint density at radius 3 is 1.71 bits per heavy atom. The Kier molecular flexibility index (Phi) is 6.50. The van der Waals surface area contributed by atoms with Crippen molar-refractivity contribution in [2.24, 2.45) is 16.2 Å². The zero-order valence-corrected chi connectivity index (χ0v) is 16.0. The first kappa shape index (κ1) is 20.4. The monoisotopic (exact) mass is 298 g/mol. The van der Waals surface area contributed by atoms with Crippen LogP contribution in [-0.4, -0.2) is 25.0 Å². The van der Waals surface area contributed by atoms with E-state index < -0.39 is 0 Å². The lowest BCUT2D eigenvalue weighted by Crippen LogP contribution is -2.47. The van der Waals surface area contributed by atoms with E-state index in [9.17, 15) is 4.79 Å². The van der Waals surface area contributed by atoms with E-state index in [1.54, 1.807) is 0 Å². The standard InChI is InChI=1S/C18H38N2O/c1-15(2,3)11-17(6,7)14(21)20-13-16(4,5)12-18(8,9)19-10/h19H,11-13H2,1-10H3,(H,20,21). The van der Waals surface area contributed by atoms with Crippen LogP contribution in [0.1, 0.15) is 75.2 Å². The molecule has 0 heterocycles. The number of rotatable bonds is 7. The third-order valence-corrected chi connectivity index (χ3v) is 3.91. The Morgan fingerprint density at radius 1 is 0.857 bits per heavy atom. The lowest BCUT2D eigenvalue weighted by molar-refractivity contribution is -0.131. The molecular weight excluding hydrogens is 260 g/mol. The summed E-state index contributed by atoms with van der Waals surface area (Å²) in [5, 5.41) is 6.50. The number of hydrogen-bond acceptors (Lipinski definition) is 2. The summed E-state index contributed by atoms with van der Waals surface area (Å²) in [5.74, 6) is 0.160. The van der Waals surface area contributed by atoms with Gasteiger partial charge in [0.15, 0.2) is 0 Å². The van der Waals surface area contributed by atoms with Crippen molar-refractivity contribution in [1.82, 2.24) is 10.6 Å². The minimum Gasteiger partial charge on any atom is -0.355 e. The Bertz CT molecular complexity index is 349. The van der Waals surface area contributed by atoms with Crippen LogP contribution in [0.5, 0.6) is 0 Å². The minimum atomic E-state index is -0.327. The second kappa shape index (κ2) is 6.68. The van der Waals surface area contributed by atoms with Gasteiger partial charge in [0, 0.05) is 17.5 Å². The van der Waals surface area contributed by atoms with Crippen molar-refractivity contribution in [2.75, 3.05) is 13.6 Å². The van der Waals surface area contributed by atoms with Crippen molar-refractivity contribution in [1.29, 1.82) is 0 Å². The van der Waals surface area contributed by atoms with Crippen molar-refractivity contribution < 1.29 is 4.79 Å². The molecule has 0 fully saturated rings. The molecule has 3 nitrogen and oxygen atoms in total. The molecule has 0 radical (unpaired) electrons. The fourth-order valence-corrected chi connectivity index (χ4v) is 3.31. The van der Waals surface area contributed by atoms with E-state index in [1.165, 1.54) is 0 Å². The molecule has 1 amide bonds. The van der Waals surface area contributed by atoms with Gasteiger partial charge in [-0.2, -0.15) is 0 Å². The quantitative estimate of drug-likeness (QED) is 0.746. The maximum Gasteiger partial charge on any atom is 0.225 e. The second-order valence-electron chi connectivity index (χ2n) is 9.78. The molecule has 21 heavy (non-hydrogen) atoms. The van der Waals surface area contributed by atoms with Crippen LogP contribution in [0.15, 0.2) is 0 Å². The Morgan fingerprint density at radius 2 is 1.33 bits per heavy atom. The maximum absolute atomic E-state index is 12.5. The topological polar surface area (TPSA) is 41.1 Å². The predicted octanol–water partition coefficient (Wildman–Crippen LogP) is 3.98. The SMILES string of the molecule is CNC(C)(C)CC(C)(C)CNC(=O)C(C)(C)CC(C)(C)C. The van der Waals surface area contributed by atoms with Gasteiger partial charge < -0.3 is 10.6 Å². The zero-order valence-electron chi connectivity index (χ0n) is 16.0. The van der Waals surface area contributed by atoms with Gasteiger partial charge >= 0.3 is 0 Å². The second-order valence-corrected chi connectivity index (χ2v) is 9.78.